The van der Waals surface area contributed by atoms with Gasteiger partial charge >= 0.3 is 0 Å². The topological polar surface area (TPSA) is 41.6 Å². The maximum atomic E-state index is 12.0. The third-order valence-corrected chi connectivity index (χ3v) is 4.08. The summed E-state index contributed by atoms with van der Waals surface area (Å²) < 4.78 is 5.46. The Hall–Kier alpha value is -0.610. The van der Waals surface area contributed by atoms with E-state index in [1.54, 1.807) is 0 Å². The molecule has 2 rings (SSSR count). The van der Waals surface area contributed by atoms with Crippen molar-refractivity contribution in [3.63, 3.8) is 0 Å². The van der Waals surface area contributed by atoms with Crippen molar-refractivity contribution < 1.29 is 9.53 Å². The lowest BCUT2D eigenvalue weighted by Crippen LogP contribution is -2.35. The predicted octanol–water partition coefficient (Wildman–Crippen LogP) is 1.40. The van der Waals surface area contributed by atoms with Crippen molar-refractivity contribution in [2.75, 3.05) is 33.4 Å². The van der Waals surface area contributed by atoms with Crippen LogP contribution in [0.2, 0.25) is 0 Å². The minimum absolute atomic E-state index is 0.286. The average molecular weight is 254 g/mol. The predicted molar refractivity (Wildman–Crippen MR) is 71.4 cm³/mol. The summed E-state index contributed by atoms with van der Waals surface area (Å²) in [5.41, 5.74) is 0. The van der Waals surface area contributed by atoms with Crippen molar-refractivity contribution in [3.05, 3.63) is 0 Å². The summed E-state index contributed by atoms with van der Waals surface area (Å²) in [6.45, 7) is 3.69. The fourth-order valence-electron chi connectivity index (χ4n) is 2.93. The van der Waals surface area contributed by atoms with Gasteiger partial charge in [-0.25, -0.2) is 0 Å². The van der Waals surface area contributed by atoms with Crippen LogP contribution in [0.3, 0.4) is 0 Å². The molecule has 0 aliphatic carbocycles. The number of hydrogen-bond donors (Lipinski definition) is 1. The quantitative estimate of drug-likeness (QED) is 0.806. The maximum absolute atomic E-state index is 12.0. The van der Waals surface area contributed by atoms with Crippen molar-refractivity contribution in [2.24, 2.45) is 5.92 Å². The molecule has 2 aliphatic heterocycles. The van der Waals surface area contributed by atoms with E-state index in [1.165, 1.54) is 19.3 Å². The van der Waals surface area contributed by atoms with Crippen LogP contribution in [0.25, 0.3) is 0 Å². The Morgan fingerprint density at radius 3 is 2.94 bits per heavy atom. The third kappa shape index (κ3) is 4.25. The summed E-state index contributed by atoms with van der Waals surface area (Å²) in [5, 5.41) is 3.44. The zero-order valence-electron chi connectivity index (χ0n) is 11.5. The number of hydrogen-bond acceptors (Lipinski definition) is 3. The molecule has 2 aliphatic rings. The molecule has 104 valence electrons. The Kier molecular flexibility index (Phi) is 5.45. The van der Waals surface area contributed by atoms with Gasteiger partial charge in [0.15, 0.2) is 0 Å². The van der Waals surface area contributed by atoms with E-state index >= 15 is 0 Å². The molecule has 1 amide bonds. The minimum Gasteiger partial charge on any atom is -0.381 e. The van der Waals surface area contributed by atoms with Crippen LogP contribution in [0.5, 0.6) is 0 Å². The Labute approximate surface area is 110 Å². The third-order valence-electron chi connectivity index (χ3n) is 4.08. The molecule has 18 heavy (non-hydrogen) atoms. The zero-order valence-corrected chi connectivity index (χ0v) is 11.5. The summed E-state index contributed by atoms with van der Waals surface area (Å²) in [6, 6.07) is 0.570. The Morgan fingerprint density at radius 2 is 2.28 bits per heavy atom. The van der Waals surface area contributed by atoms with Crippen molar-refractivity contribution in [1.29, 1.82) is 0 Å². The highest BCUT2D eigenvalue weighted by molar-refractivity contribution is 5.75. The van der Waals surface area contributed by atoms with Crippen molar-refractivity contribution >= 4 is 5.91 Å². The van der Waals surface area contributed by atoms with E-state index in [1.807, 2.05) is 11.9 Å². The molecule has 0 spiro atoms. The van der Waals surface area contributed by atoms with E-state index in [9.17, 15) is 4.79 Å². The largest absolute Gasteiger partial charge is 0.381 e. The van der Waals surface area contributed by atoms with Gasteiger partial charge in [0.25, 0.3) is 0 Å². The van der Waals surface area contributed by atoms with Crippen molar-refractivity contribution in [1.82, 2.24) is 10.2 Å². The average Bonchev–Trinajstić information content (AvgIpc) is 2.90. The van der Waals surface area contributed by atoms with Crippen LogP contribution in [0.15, 0.2) is 0 Å². The molecule has 1 N–H and O–H groups in total. The van der Waals surface area contributed by atoms with E-state index < -0.39 is 0 Å². The van der Waals surface area contributed by atoms with Crippen LogP contribution in [-0.4, -0.2) is 50.2 Å². The maximum Gasteiger partial charge on any atom is 0.222 e. The summed E-state index contributed by atoms with van der Waals surface area (Å²) in [6.07, 6.45) is 6.49. The van der Waals surface area contributed by atoms with E-state index in [0.717, 1.165) is 39.1 Å². The number of carbonyl (C=O) groups is 1. The van der Waals surface area contributed by atoms with Crippen LogP contribution in [0.4, 0.5) is 0 Å². The highest BCUT2D eigenvalue weighted by Gasteiger charge is 2.20. The van der Waals surface area contributed by atoms with E-state index in [4.69, 9.17) is 4.74 Å². The molecule has 2 saturated heterocycles. The molecular formula is C14H26N2O2. The van der Waals surface area contributed by atoms with Gasteiger partial charge in [0.2, 0.25) is 5.91 Å². The molecular weight excluding hydrogens is 228 g/mol. The highest BCUT2D eigenvalue weighted by Crippen LogP contribution is 2.16. The number of nitrogens with one attached hydrogen (secondary N) is 1. The lowest BCUT2D eigenvalue weighted by Gasteiger charge is -2.27. The second-order valence-corrected chi connectivity index (χ2v) is 5.69. The van der Waals surface area contributed by atoms with Gasteiger partial charge < -0.3 is 15.0 Å². The van der Waals surface area contributed by atoms with Gasteiger partial charge in [0.05, 0.1) is 6.61 Å². The lowest BCUT2D eigenvalue weighted by atomic mass is 10.0. The number of ether oxygens (including phenoxy) is 1. The van der Waals surface area contributed by atoms with Gasteiger partial charge in [-0.2, -0.15) is 0 Å². The van der Waals surface area contributed by atoms with E-state index in [-0.39, 0.29) is 5.91 Å². The second kappa shape index (κ2) is 7.10. The highest BCUT2D eigenvalue weighted by atomic mass is 16.5. The van der Waals surface area contributed by atoms with Crippen LogP contribution in [0.1, 0.15) is 38.5 Å². The lowest BCUT2D eigenvalue weighted by molar-refractivity contribution is -0.131. The second-order valence-electron chi connectivity index (χ2n) is 5.69. The smallest absolute Gasteiger partial charge is 0.222 e. The first-order chi connectivity index (χ1) is 8.75. The van der Waals surface area contributed by atoms with E-state index in [0.29, 0.717) is 18.4 Å². The molecule has 2 atom stereocenters. The Morgan fingerprint density at radius 1 is 1.39 bits per heavy atom. The Balaban J connectivity index is 1.63. The molecule has 0 aromatic rings. The SMILES string of the molecule is CN(CC1CCCOC1)C(=O)CCC1CCCN1. The monoisotopic (exact) mass is 254 g/mol. The van der Waals surface area contributed by atoms with Crippen LogP contribution < -0.4 is 5.32 Å². The van der Waals surface area contributed by atoms with Gasteiger partial charge in [-0.1, -0.05) is 0 Å². The molecule has 0 aromatic heterocycles. The van der Waals surface area contributed by atoms with Crippen LogP contribution in [-0.2, 0) is 9.53 Å². The number of carbonyl (C=O) groups excluding carboxylic acids is 1. The van der Waals surface area contributed by atoms with Crippen molar-refractivity contribution in [3.8, 4) is 0 Å². The minimum atomic E-state index is 0.286. The summed E-state index contributed by atoms with van der Waals surface area (Å²) in [5.74, 6) is 0.826. The van der Waals surface area contributed by atoms with Gasteiger partial charge in [-0.05, 0) is 44.6 Å². The molecule has 4 heteroatoms. The molecule has 0 radical (unpaired) electrons. The first-order valence-corrected chi connectivity index (χ1v) is 7.31. The molecule has 0 saturated carbocycles. The summed E-state index contributed by atoms with van der Waals surface area (Å²) >= 11 is 0. The first-order valence-electron chi connectivity index (χ1n) is 7.31. The van der Waals surface area contributed by atoms with Crippen molar-refractivity contribution in [2.45, 2.75) is 44.6 Å². The van der Waals surface area contributed by atoms with Gasteiger partial charge in [0.1, 0.15) is 0 Å². The summed E-state index contributed by atoms with van der Waals surface area (Å²) in [4.78, 5) is 13.9. The standard InChI is InChI=1S/C14H26N2O2/c1-16(10-12-4-3-9-18-11-12)14(17)7-6-13-5-2-8-15-13/h12-13,15H,2-11H2,1H3. The molecule has 4 nitrogen and oxygen atoms in total. The number of rotatable bonds is 5. The van der Waals surface area contributed by atoms with Crippen LogP contribution in [0, 0.1) is 5.92 Å². The fraction of sp³-hybridized carbons (Fsp3) is 0.929. The molecule has 0 aromatic carbocycles. The fourth-order valence-corrected chi connectivity index (χ4v) is 2.93. The molecule has 0 bridgehead atoms. The Bertz CT molecular complexity index is 259. The summed E-state index contributed by atoms with van der Waals surface area (Å²) in [7, 11) is 1.93. The van der Waals surface area contributed by atoms with Gasteiger partial charge in [0, 0.05) is 32.7 Å². The zero-order chi connectivity index (χ0) is 12.8. The number of nitrogens with zero attached hydrogens (tertiary/aromatic N) is 1. The number of amides is 1. The normalized spacial score (nSPS) is 28.3. The van der Waals surface area contributed by atoms with E-state index in [2.05, 4.69) is 5.32 Å². The van der Waals surface area contributed by atoms with Gasteiger partial charge in [-0.15, -0.1) is 0 Å². The van der Waals surface area contributed by atoms with Crippen LogP contribution >= 0.6 is 0 Å². The molecule has 2 fully saturated rings. The molecule has 2 heterocycles. The van der Waals surface area contributed by atoms with Gasteiger partial charge in [-0.3, -0.25) is 4.79 Å². The molecule has 2 unspecified atom stereocenters. The first kappa shape index (κ1) is 13.8.